The summed E-state index contributed by atoms with van der Waals surface area (Å²) >= 11 is 3.40. The molecule has 3 aromatic rings. The maximum absolute atomic E-state index is 11.7. The number of benzene rings is 2. The smallest absolute Gasteiger partial charge is 0.338 e. The van der Waals surface area contributed by atoms with E-state index in [9.17, 15) is 4.79 Å². The van der Waals surface area contributed by atoms with Gasteiger partial charge in [-0.2, -0.15) is 0 Å². The number of halogens is 1. The quantitative estimate of drug-likeness (QED) is 0.698. The minimum Gasteiger partial charge on any atom is -0.422 e. The summed E-state index contributed by atoms with van der Waals surface area (Å²) in [6, 6.07) is 15.1. The van der Waals surface area contributed by atoms with E-state index < -0.39 is 0 Å². The fraction of sp³-hybridized carbons (Fsp3) is 0.0625. The predicted octanol–water partition coefficient (Wildman–Crippen LogP) is 4.61. The van der Waals surface area contributed by atoms with E-state index >= 15 is 0 Å². The third-order valence-corrected chi connectivity index (χ3v) is 3.62. The van der Waals surface area contributed by atoms with E-state index in [0.717, 1.165) is 26.8 Å². The first-order valence-corrected chi connectivity index (χ1v) is 6.99. The lowest BCUT2D eigenvalue weighted by molar-refractivity contribution is 0.559. The van der Waals surface area contributed by atoms with Crippen LogP contribution in [0.3, 0.4) is 0 Å². The third kappa shape index (κ3) is 2.47. The highest BCUT2D eigenvalue weighted by molar-refractivity contribution is 9.10. The van der Waals surface area contributed by atoms with Gasteiger partial charge in [0.2, 0.25) is 0 Å². The molecule has 4 heteroatoms. The Morgan fingerprint density at radius 3 is 2.60 bits per heavy atom. The van der Waals surface area contributed by atoms with Crippen molar-refractivity contribution in [2.45, 2.75) is 6.92 Å². The molecule has 0 aliphatic carbocycles. The fourth-order valence-electron chi connectivity index (χ4n) is 2.12. The molecule has 0 saturated heterocycles. The molecule has 0 saturated carbocycles. The van der Waals surface area contributed by atoms with Crippen molar-refractivity contribution in [1.82, 2.24) is 0 Å². The minimum atomic E-state index is -0.355. The molecule has 100 valence electrons. The molecule has 1 N–H and O–H groups in total. The number of hydrogen-bond acceptors (Lipinski definition) is 3. The molecule has 1 aromatic heterocycles. The summed E-state index contributed by atoms with van der Waals surface area (Å²) in [7, 11) is 0. The number of rotatable bonds is 2. The number of anilines is 2. The predicted molar refractivity (Wildman–Crippen MR) is 84.6 cm³/mol. The van der Waals surface area contributed by atoms with Crippen molar-refractivity contribution < 1.29 is 4.42 Å². The Morgan fingerprint density at radius 1 is 1.10 bits per heavy atom. The second-order valence-electron chi connectivity index (χ2n) is 4.56. The van der Waals surface area contributed by atoms with Crippen LogP contribution in [0.4, 0.5) is 11.4 Å². The summed E-state index contributed by atoms with van der Waals surface area (Å²) in [6.07, 6.45) is 0. The monoisotopic (exact) mass is 329 g/mol. The van der Waals surface area contributed by atoms with Gasteiger partial charge in [-0.05, 0) is 42.8 Å². The van der Waals surface area contributed by atoms with Crippen molar-refractivity contribution in [3.05, 3.63) is 69.0 Å². The molecule has 0 fully saturated rings. The van der Waals surface area contributed by atoms with Crippen LogP contribution >= 0.6 is 15.9 Å². The molecule has 20 heavy (non-hydrogen) atoms. The lowest BCUT2D eigenvalue weighted by atomic mass is 10.1. The van der Waals surface area contributed by atoms with E-state index in [-0.39, 0.29) is 5.63 Å². The first-order valence-electron chi connectivity index (χ1n) is 6.19. The average Bonchev–Trinajstić information content (AvgIpc) is 2.42. The van der Waals surface area contributed by atoms with Crippen LogP contribution < -0.4 is 10.9 Å². The van der Waals surface area contributed by atoms with Crippen LogP contribution in [-0.4, -0.2) is 0 Å². The summed E-state index contributed by atoms with van der Waals surface area (Å²) in [4.78, 5) is 11.7. The molecule has 0 radical (unpaired) electrons. The molecular weight excluding hydrogens is 318 g/mol. The van der Waals surface area contributed by atoms with Crippen LogP contribution in [0, 0.1) is 6.92 Å². The van der Waals surface area contributed by atoms with Crippen LogP contribution in [0.5, 0.6) is 0 Å². The van der Waals surface area contributed by atoms with E-state index in [0.29, 0.717) is 5.58 Å². The Labute approximate surface area is 124 Å². The highest BCUT2D eigenvalue weighted by atomic mass is 79.9. The standard InChI is InChI=1S/C16H12BrNO2/c1-10-3-2-4-13-14(9-15(19)20-16(10)13)18-12-7-5-11(17)6-8-12/h2-9,18H,1H3. The van der Waals surface area contributed by atoms with Crippen molar-refractivity contribution in [3.63, 3.8) is 0 Å². The van der Waals surface area contributed by atoms with Crippen LogP contribution in [-0.2, 0) is 0 Å². The van der Waals surface area contributed by atoms with Gasteiger partial charge in [0.1, 0.15) is 5.58 Å². The molecule has 3 nitrogen and oxygen atoms in total. The highest BCUT2D eigenvalue weighted by Gasteiger charge is 2.07. The van der Waals surface area contributed by atoms with Gasteiger partial charge < -0.3 is 9.73 Å². The van der Waals surface area contributed by atoms with Crippen molar-refractivity contribution in [2.24, 2.45) is 0 Å². The average molecular weight is 330 g/mol. The second kappa shape index (κ2) is 5.13. The summed E-state index contributed by atoms with van der Waals surface area (Å²) < 4.78 is 6.30. The SMILES string of the molecule is Cc1cccc2c(Nc3ccc(Br)cc3)cc(=O)oc12. The van der Waals surface area contributed by atoms with E-state index in [1.54, 1.807) is 0 Å². The summed E-state index contributed by atoms with van der Waals surface area (Å²) in [5, 5.41) is 4.16. The largest absolute Gasteiger partial charge is 0.422 e. The minimum absolute atomic E-state index is 0.355. The Morgan fingerprint density at radius 2 is 1.85 bits per heavy atom. The number of nitrogens with one attached hydrogen (secondary N) is 1. The van der Waals surface area contributed by atoms with Gasteiger partial charge in [0, 0.05) is 21.6 Å². The van der Waals surface area contributed by atoms with Gasteiger partial charge >= 0.3 is 5.63 Å². The first kappa shape index (κ1) is 12.9. The highest BCUT2D eigenvalue weighted by Crippen LogP contribution is 2.27. The van der Waals surface area contributed by atoms with Crippen LogP contribution in [0.2, 0.25) is 0 Å². The van der Waals surface area contributed by atoms with Gasteiger partial charge in [-0.25, -0.2) is 4.79 Å². The van der Waals surface area contributed by atoms with E-state index in [2.05, 4.69) is 21.2 Å². The Hall–Kier alpha value is -2.07. The van der Waals surface area contributed by atoms with Gasteiger partial charge in [0.05, 0.1) is 5.69 Å². The zero-order chi connectivity index (χ0) is 14.1. The number of para-hydroxylation sites is 1. The zero-order valence-corrected chi connectivity index (χ0v) is 12.4. The van der Waals surface area contributed by atoms with Crippen LogP contribution in [0.15, 0.2) is 62.2 Å². The Balaban J connectivity index is 2.13. The summed E-state index contributed by atoms with van der Waals surface area (Å²) in [5.74, 6) is 0. The number of fused-ring (bicyclic) bond motifs is 1. The van der Waals surface area contributed by atoms with E-state index in [1.165, 1.54) is 6.07 Å². The molecule has 0 bridgehead atoms. The second-order valence-corrected chi connectivity index (χ2v) is 5.48. The first-order chi connectivity index (χ1) is 9.63. The normalized spacial score (nSPS) is 10.7. The zero-order valence-electron chi connectivity index (χ0n) is 10.8. The van der Waals surface area contributed by atoms with E-state index in [4.69, 9.17) is 4.42 Å². The maximum atomic E-state index is 11.7. The molecule has 0 aliphatic heterocycles. The third-order valence-electron chi connectivity index (χ3n) is 3.09. The Kier molecular flexibility index (Phi) is 3.32. The molecule has 0 spiro atoms. The van der Waals surface area contributed by atoms with Gasteiger partial charge in [-0.15, -0.1) is 0 Å². The number of aryl methyl sites for hydroxylation is 1. The Bertz CT molecular complexity index is 822. The maximum Gasteiger partial charge on any atom is 0.338 e. The van der Waals surface area contributed by atoms with Crippen LogP contribution in [0.1, 0.15) is 5.56 Å². The molecule has 0 atom stereocenters. The van der Waals surface area contributed by atoms with Gasteiger partial charge in [-0.1, -0.05) is 28.1 Å². The van der Waals surface area contributed by atoms with Crippen LogP contribution in [0.25, 0.3) is 11.0 Å². The van der Waals surface area contributed by atoms with Crippen molar-refractivity contribution in [3.8, 4) is 0 Å². The lowest BCUT2D eigenvalue weighted by Crippen LogP contribution is -2.01. The summed E-state index contributed by atoms with van der Waals surface area (Å²) in [5.41, 5.74) is 2.88. The van der Waals surface area contributed by atoms with Crippen molar-refractivity contribution >= 4 is 38.3 Å². The van der Waals surface area contributed by atoms with Crippen molar-refractivity contribution in [2.75, 3.05) is 5.32 Å². The van der Waals surface area contributed by atoms with Gasteiger partial charge in [0.25, 0.3) is 0 Å². The summed E-state index contributed by atoms with van der Waals surface area (Å²) in [6.45, 7) is 1.93. The van der Waals surface area contributed by atoms with Gasteiger partial charge in [0.15, 0.2) is 0 Å². The van der Waals surface area contributed by atoms with Gasteiger partial charge in [-0.3, -0.25) is 0 Å². The molecule has 0 unspecified atom stereocenters. The molecule has 3 rings (SSSR count). The lowest BCUT2D eigenvalue weighted by Gasteiger charge is -2.09. The molecule has 0 amide bonds. The molecule has 0 aliphatic rings. The topological polar surface area (TPSA) is 42.2 Å². The number of hydrogen-bond donors (Lipinski definition) is 1. The van der Waals surface area contributed by atoms with Crippen molar-refractivity contribution in [1.29, 1.82) is 0 Å². The molecule has 1 heterocycles. The van der Waals surface area contributed by atoms with E-state index in [1.807, 2.05) is 49.4 Å². The molecule has 2 aromatic carbocycles. The fourth-order valence-corrected chi connectivity index (χ4v) is 2.38. The molecular formula is C16H12BrNO2.